The van der Waals surface area contributed by atoms with E-state index in [0.717, 1.165) is 66.4 Å². The van der Waals surface area contributed by atoms with E-state index in [4.69, 9.17) is 9.47 Å². The Morgan fingerprint density at radius 2 is 1.90 bits per heavy atom. The molecular formula is C23H26FN3O2. The highest BCUT2D eigenvalue weighted by atomic mass is 19.1. The van der Waals surface area contributed by atoms with E-state index in [1.165, 1.54) is 6.07 Å². The van der Waals surface area contributed by atoms with Gasteiger partial charge >= 0.3 is 0 Å². The van der Waals surface area contributed by atoms with E-state index >= 15 is 0 Å². The van der Waals surface area contributed by atoms with Crippen molar-refractivity contribution in [2.24, 2.45) is 0 Å². The lowest BCUT2D eigenvalue weighted by molar-refractivity contribution is 0.194. The molecule has 0 aliphatic carbocycles. The van der Waals surface area contributed by atoms with Gasteiger partial charge in [-0.15, -0.1) is 0 Å². The molecule has 152 valence electrons. The lowest BCUT2D eigenvalue weighted by Gasteiger charge is -2.33. The maximum Gasteiger partial charge on any atom is 0.127 e. The lowest BCUT2D eigenvalue weighted by atomic mass is 9.90. The van der Waals surface area contributed by atoms with Crippen LogP contribution in [0.1, 0.15) is 30.0 Å². The van der Waals surface area contributed by atoms with Crippen LogP contribution in [0.15, 0.2) is 48.7 Å². The molecule has 1 atom stereocenters. The van der Waals surface area contributed by atoms with Crippen LogP contribution in [0.5, 0.6) is 11.5 Å². The number of benzene rings is 2. The molecule has 0 spiro atoms. The molecule has 1 unspecified atom stereocenters. The Kier molecular flexibility index (Phi) is 5.81. The SMILES string of the molecule is COc1cccc(OC)c1CN1CCCC(c2[nH]ncc2-c2cccc(F)c2)C1. The van der Waals surface area contributed by atoms with E-state index in [9.17, 15) is 4.39 Å². The molecule has 1 aliphatic heterocycles. The number of H-pyrrole nitrogens is 1. The molecule has 0 bridgehead atoms. The summed E-state index contributed by atoms with van der Waals surface area (Å²) in [5.41, 5.74) is 3.98. The second kappa shape index (κ2) is 8.66. The minimum atomic E-state index is -0.233. The van der Waals surface area contributed by atoms with Crippen LogP contribution in [-0.2, 0) is 6.54 Å². The van der Waals surface area contributed by atoms with Crippen molar-refractivity contribution >= 4 is 0 Å². The third-order valence-electron chi connectivity index (χ3n) is 5.63. The Bertz CT molecular complexity index is 950. The second-order valence-electron chi connectivity index (χ2n) is 7.42. The Labute approximate surface area is 170 Å². The first kappa shape index (κ1) is 19.5. The minimum absolute atomic E-state index is 0.233. The number of nitrogens with one attached hydrogen (secondary N) is 1. The maximum absolute atomic E-state index is 13.7. The summed E-state index contributed by atoms with van der Waals surface area (Å²) in [5, 5.41) is 7.44. The highest BCUT2D eigenvalue weighted by molar-refractivity contribution is 5.66. The van der Waals surface area contributed by atoms with E-state index in [1.54, 1.807) is 32.5 Å². The van der Waals surface area contributed by atoms with Gasteiger partial charge in [0.25, 0.3) is 0 Å². The van der Waals surface area contributed by atoms with Crippen LogP contribution in [-0.4, -0.2) is 42.4 Å². The predicted octanol–water partition coefficient (Wildman–Crippen LogP) is 4.61. The van der Waals surface area contributed by atoms with Crippen molar-refractivity contribution in [3.8, 4) is 22.6 Å². The smallest absolute Gasteiger partial charge is 0.127 e. The third-order valence-corrected chi connectivity index (χ3v) is 5.63. The Morgan fingerprint density at radius 3 is 2.62 bits per heavy atom. The number of nitrogens with zero attached hydrogens (tertiary/aromatic N) is 2. The fourth-order valence-corrected chi connectivity index (χ4v) is 4.24. The molecule has 1 saturated heterocycles. The number of halogens is 1. The highest BCUT2D eigenvalue weighted by Crippen LogP contribution is 2.35. The standard InChI is InChI=1S/C23H26FN3O2/c1-28-21-9-4-10-22(29-2)20(21)15-27-11-5-7-17(14-27)23-19(13-25-26-23)16-6-3-8-18(24)12-16/h3-4,6,8-10,12-13,17H,5,7,11,14-15H2,1-2H3,(H,25,26). The van der Waals surface area contributed by atoms with E-state index in [2.05, 4.69) is 15.1 Å². The van der Waals surface area contributed by atoms with Gasteiger partial charge in [-0.2, -0.15) is 5.10 Å². The topological polar surface area (TPSA) is 50.4 Å². The van der Waals surface area contributed by atoms with Crippen LogP contribution in [0.25, 0.3) is 11.1 Å². The van der Waals surface area contributed by atoms with Gasteiger partial charge in [0, 0.05) is 30.3 Å². The van der Waals surface area contributed by atoms with Crippen molar-refractivity contribution < 1.29 is 13.9 Å². The molecule has 29 heavy (non-hydrogen) atoms. The van der Waals surface area contributed by atoms with Crippen molar-refractivity contribution in [3.63, 3.8) is 0 Å². The van der Waals surface area contributed by atoms with Gasteiger partial charge in [-0.3, -0.25) is 10.00 Å². The summed E-state index contributed by atoms with van der Waals surface area (Å²) in [6.45, 7) is 2.67. The minimum Gasteiger partial charge on any atom is -0.496 e. The fourth-order valence-electron chi connectivity index (χ4n) is 4.24. The summed E-state index contributed by atoms with van der Waals surface area (Å²) in [6.07, 6.45) is 3.96. The van der Waals surface area contributed by atoms with Crippen molar-refractivity contribution in [2.45, 2.75) is 25.3 Å². The number of methoxy groups -OCH3 is 2. The third kappa shape index (κ3) is 4.12. The van der Waals surface area contributed by atoms with Gasteiger partial charge in [0.15, 0.2) is 0 Å². The van der Waals surface area contributed by atoms with E-state index < -0.39 is 0 Å². The molecular weight excluding hydrogens is 369 g/mol. The molecule has 1 aromatic heterocycles. The largest absolute Gasteiger partial charge is 0.496 e. The summed E-state index contributed by atoms with van der Waals surface area (Å²) >= 11 is 0. The molecule has 3 aromatic rings. The van der Waals surface area contributed by atoms with Gasteiger partial charge in [0.05, 0.1) is 26.0 Å². The van der Waals surface area contributed by atoms with Gasteiger partial charge in [0.1, 0.15) is 17.3 Å². The average Bonchev–Trinajstić information content (AvgIpc) is 3.24. The molecule has 6 heteroatoms. The van der Waals surface area contributed by atoms with Crippen molar-refractivity contribution in [1.29, 1.82) is 0 Å². The van der Waals surface area contributed by atoms with Gasteiger partial charge in [-0.1, -0.05) is 18.2 Å². The van der Waals surface area contributed by atoms with Crippen LogP contribution in [0.4, 0.5) is 4.39 Å². The molecule has 1 aliphatic rings. The number of piperidine rings is 1. The Hall–Kier alpha value is -2.86. The fraction of sp³-hybridized carbons (Fsp3) is 0.348. The number of aromatic nitrogens is 2. The highest BCUT2D eigenvalue weighted by Gasteiger charge is 2.26. The lowest BCUT2D eigenvalue weighted by Crippen LogP contribution is -2.34. The molecule has 1 fully saturated rings. The number of ether oxygens (including phenoxy) is 2. The van der Waals surface area contributed by atoms with Crippen LogP contribution >= 0.6 is 0 Å². The van der Waals surface area contributed by atoms with Gasteiger partial charge in [-0.25, -0.2) is 4.39 Å². The summed E-state index contributed by atoms with van der Waals surface area (Å²) in [5.74, 6) is 1.76. The van der Waals surface area contributed by atoms with Crippen molar-refractivity contribution in [1.82, 2.24) is 15.1 Å². The number of aromatic amines is 1. The van der Waals surface area contributed by atoms with Crippen molar-refractivity contribution in [3.05, 3.63) is 65.7 Å². The molecule has 2 aromatic carbocycles. The van der Waals surface area contributed by atoms with E-state index in [-0.39, 0.29) is 5.82 Å². The van der Waals surface area contributed by atoms with Gasteiger partial charge in [-0.05, 0) is 49.2 Å². The number of hydrogen-bond acceptors (Lipinski definition) is 4. The zero-order valence-electron chi connectivity index (χ0n) is 16.8. The first-order chi connectivity index (χ1) is 14.2. The quantitative estimate of drug-likeness (QED) is 0.662. The summed E-state index contributed by atoms with van der Waals surface area (Å²) < 4.78 is 24.8. The molecule has 0 saturated carbocycles. The van der Waals surface area contributed by atoms with E-state index in [0.29, 0.717) is 5.92 Å². The molecule has 2 heterocycles. The monoisotopic (exact) mass is 395 g/mol. The molecule has 0 amide bonds. The van der Waals surface area contributed by atoms with Crippen LogP contribution < -0.4 is 9.47 Å². The maximum atomic E-state index is 13.7. The molecule has 4 rings (SSSR count). The first-order valence-electron chi connectivity index (χ1n) is 9.91. The van der Waals surface area contributed by atoms with Gasteiger partial charge < -0.3 is 9.47 Å². The number of rotatable bonds is 6. The first-order valence-corrected chi connectivity index (χ1v) is 9.91. The second-order valence-corrected chi connectivity index (χ2v) is 7.42. The summed E-state index contributed by atoms with van der Waals surface area (Å²) in [4.78, 5) is 2.42. The zero-order valence-corrected chi connectivity index (χ0v) is 16.8. The van der Waals surface area contributed by atoms with Crippen LogP contribution in [0.2, 0.25) is 0 Å². The number of likely N-dealkylation sites (tertiary alicyclic amines) is 1. The predicted molar refractivity (Wildman–Crippen MR) is 111 cm³/mol. The van der Waals surface area contributed by atoms with Crippen molar-refractivity contribution in [2.75, 3.05) is 27.3 Å². The summed E-state index contributed by atoms with van der Waals surface area (Å²) in [7, 11) is 3.38. The Morgan fingerprint density at radius 1 is 1.14 bits per heavy atom. The molecule has 0 radical (unpaired) electrons. The molecule has 1 N–H and O–H groups in total. The van der Waals surface area contributed by atoms with E-state index in [1.807, 2.05) is 24.3 Å². The average molecular weight is 395 g/mol. The molecule has 5 nitrogen and oxygen atoms in total. The normalized spacial score (nSPS) is 17.3. The van der Waals surface area contributed by atoms with Crippen LogP contribution in [0, 0.1) is 5.82 Å². The van der Waals surface area contributed by atoms with Gasteiger partial charge in [0.2, 0.25) is 0 Å². The Balaban J connectivity index is 1.56. The van der Waals surface area contributed by atoms with Crippen LogP contribution in [0.3, 0.4) is 0 Å². The summed E-state index contributed by atoms with van der Waals surface area (Å²) in [6, 6.07) is 12.6. The number of hydrogen-bond donors (Lipinski definition) is 1. The zero-order chi connectivity index (χ0) is 20.2.